The molecule has 2 atom stereocenters. The van der Waals surface area contributed by atoms with Crippen LogP contribution in [0.5, 0.6) is 0 Å². The summed E-state index contributed by atoms with van der Waals surface area (Å²) in [7, 11) is 0. The van der Waals surface area contributed by atoms with Crippen molar-refractivity contribution in [2.24, 2.45) is 5.92 Å². The summed E-state index contributed by atoms with van der Waals surface area (Å²) in [6.45, 7) is 4.33. The summed E-state index contributed by atoms with van der Waals surface area (Å²) in [5.74, 6) is 1.83. The van der Waals surface area contributed by atoms with Crippen molar-refractivity contribution in [1.29, 1.82) is 0 Å². The van der Waals surface area contributed by atoms with Crippen LogP contribution >= 0.6 is 11.8 Å². The van der Waals surface area contributed by atoms with Crippen molar-refractivity contribution in [1.82, 2.24) is 5.32 Å². The fraction of sp³-hybridized carbons (Fsp3) is 1.00. The number of thioether (sulfide) groups is 1. The maximum atomic E-state index is 9.76. The van der Waals surface area contributed by atoms with Crippen LogP contribution in [-0.2, 0) is 4.74 Å². The van der Waals surface area contributed by atoms with E-state index < -0.39 is 0 Å². The van der Waals surface area contributed by atoms with Gasteiger partial charge in [0.25, 0.3) is 0 Å². The Morgan fingerprint density at radius 1 is 1.35 bits per heavy atom. The fourth-order valence-electron chi connectivity index (χ4n) is 2.20. The second kappa shape index (κ2) is 9.20. The first-order chi connectivity index (χ1) is 8.22. The van der Waals surface area contributed by atoms with Gasteiger partial charge in [-0.05, 0) is 37.3 Å². The summed E-state index contributed by atoms with van der Waals surface area (Å²) in [4.78, 5) is 0. The lowest BCUT2D eigenvalue weighted by Gasteiger charge is -2.17. The topological polar surface area (TPSA) is 41.5 Å². The molecule has 2 N–H and O–H groups in total. The highest BCUT2D eigenvalue weighted by molar-refractivity contribution is 7.98. The Bertz CT molecular complexity index is 186. The van der Waals surface area contributed by atoms with E-state index in [1.807, 2.05) is 11.8 Å². The van der Waals surface area contributed by atoms with Gasteiger partial charge in [-0.3, -0.25) is 0 Å². The lowest BCUT2D eigenvalue weighted by atomic mass is 10.2. The minimum absolute atomic E-state index is 0.364. The number of rotatable bonds is 9. The molecular formula is C13H27NO2S. The van der Waals surface area contributed by atoms with E-state index in [1.165, 1.54) is 31.4 Å². The Balaban J connectivity index is 1.94. The first-order valence-corrected chi connectivity index (χ1v) is 8.11. The van der Waals surface area contributed by atoms with Gasteiger partial charge in [-0.25, -0.2) is 0 Å². The van der Waals surface area contributed by atoms with Crippen LogP contribution in [0.15, 0.2) is 0 Å². The molecule has 2 unspecified atom stereocenters. The predicted octanol–water partition coefficient (Wildman–Crippen LogP) is 1.90. The number of aliphatic hydroxyl groups excluding tert-OH is 1. The van der Waals surface area contributed by atoms with Gasteiger partial charge < -0.3 is 15.2 Å². The molecule has 102 valence electrons. The average molecular weight is 261 g/mol. The molecule has 1 rings (SSSR count). The van der Waals surface area contributed by atoms with E-state index in [4.69, 9.17) is 4.74 Å². The van der Waals surface area contributed by atoms with E-state index >= 15 is 0 Å². The molecule has 0 amide bonds. The van der Waals surface area contributed by atoms with E-state index in [1.54, 1.807) is 0 Å². The molecular weight excluding hydrogens is 234 g/mol. The molecule has 1 fully saturated rings. The summed E-state index contributed by atoms with van der Waals surface area (Å²) >= 11 is 1.87. The third-order valence-corrected chi connectivity index (χ3v) is 4.05. The second-order valence-electron chi connectivity index (χ2n) is 5.11. The summed E-state index contributed by atoms with van der Waals surface area (Å²) in [6.07, 6.45) is 7.07. The van der Waals surface area contributed by atoms with Crippen LogP contribution in [0, 0.1) is 5.92 Å². The second-order valence-corrected chi connectivity index (χ2v) is 6.02. The Kier molecular flexibility index (Phi) is 8.27. The number of aliphatic hydroxyl groups is 1. The Morgan fingerprint density at radius 2 is 2.06 bits per heavy atom. The fourth-order valence-corrected chi connectivity index (χ4v) is 2.89. The summed E-state index contributed by atoms with van der Waals surface area (Å²) in [5.41, 5.74) is 0. The van der Waals surface area contributed by atoms with Gasteiger partial charge >= 0.3 is 0 Å². The minimum atomic E-state index is -0.364. The molecule has 0 aromatic heterocycles. The van der Waals surface area contributed by atoms with E-state index in [-0.39, 0.29) is 6.10 Å². The lowest BCUT2D eigenvalue weighted by Crippen LogP contribution is -2.34. The highest BCUT2D eigenvalue weighted by Crippen LogP contribution is 2.20. The maximum absolute atomic E-state index is 9.76. The summed E-state index contributed by atoms with van der Waals surface area (Å²) < 4.78 is 5.68. The van der Waals surface area contributed by atoms with Gasteiger partial charge in [0.05, 0.1) is 18.8 Å². The van der Waals surface area contributed by atoms with Gasteiger partial charge in [-0.1, -0.05) is 19.8 Å². The van der Waals surface area contributed by atoms with Crippen molar-refractivity contribution in [3.05, 3.63) is 0 Å². The number of hydrogen-bond acceptors (Lipinski definition) is 4. The minimum Gasteiger partial charge on any atom is -0.389 e. The molecule has 0 heterocycles. The molecule has 1 aliphatic rings. The van der Waals surface area contributed by atoms with E-state index in [0.717, 1.165) is 6.54 Å². The normalized spacial score (nSPS) is 20.6. The van der Waals surface area contributed by atoms with Gasteiger partial charge in [0.1, 0.15) is 0 Å². The van der Waals surface area contributed by atoms with Gasteiger partial charge in [-0.2, -0.15) is 11.8 Å². The maximum Gasteiger partial charge on any atom is 0.0897 e. The van der Waals surface area contributed by atoms with Crippen LogP contribution in [0.1, 0.15) is 32.6 Å². The smallest absolute Gasteiger partial charge is 0.0897 e. The molecule has 17 heavy (non-hydrogen) atoms. The Hall–Kier alpha value is 0.230. The first kappa shape index (κ1) is 15.3. The third-order valence-electron chi connectivity index (χ3n) is 3.15. The van der Waals surface area contributed by atoms with E-state index in [2.05, 4.69) is 18.5 Å². The number of ether oxygens (including phenoxy) is 1. The van der Waals surface area contributed by atoms with Crippen LogP contribution in [0.2, 0.25) is 0 Å². The van der Waals surface area contributed by atoms with Crippen LogP contribution in [-0.4, -0.2) is 49.0 Å². The molecule has 1 saturated carbocycles. The predicted molar refractivity (Wildman–Crippen MR) is 74.6 cm³/mol. The molecule has 0 saturated heterocycles. The van der Waals surface area contributed by atoms with Crippen LogP contribution in [0.4, 0.5) is 0 Å². The zero-order valence-corrected chi connectivity index (χ0v) is 12.0. The van der Waals surface area contributed by atoms with Gasteiger partial charge in [0.2, 0.25) is 0 Å². The van der Waals surface area contributed by atoms with Crippen LogP contribution < -0.4 is 5.32 Å². The summed E-state index contributed by atoms with van der Waals surface area (Å²) in [5, 5.41) is 13.1. The van der Waals surface area contributed by atoms with Crippen molar-refractivity contribution in [2.75, 3.05) is 31.7 Å². The average Bonchev–Trinajstić information content (AvgIpc) is 2.79. The third kappa shape index (κ3) is 7.29. The Labute approximate surface area is 110 Å². The molecule has 1 aliphatic carbocycles. The van der Waals surface area contributed by atoms with Crippen molar-refractivity contribution >= 4 is 11.8 Å². The zero-order valence-electron chi connectivity index (χ0n) is 11.2. The molecule has 0 bridgehead atoms. The molecule has 0 aromatic rings. The van der Waals surface area contributed by atoms with Crippen molar-refractivity contribution < 1.29 is 9.84 Å². The molecule has 0 radical (unpaired) electrons. The standard InChI is InChI=1S/C13H27NO2S/c1-11(10-17-2)7-14-8-12(15)9-16-13-5-3-4-6-13/h11-15H,3-10H2,1-2H3. The molecule has 0 aromatic carbocycles. The highest BCUT2D eigenvalue weighted by Gasteiger charge is 2.16. The first-order valence-electron chi connectivity index (χ1n) is 6.71. The Morgan fingerprint density at radius 3 is 2.71 bits per heavy atom. The van der Waals surface area contributed by atoms with Crippen molar-refractivity contribution in [3.8, 4) is 0 Å². The molecule has 0 spiro atoms. The molecule has 4 heteroatoms. The number of hydrogen-bond donors (Lipinski definition) is 2. The molecule has 3 nitrogen and oxygen atoms in total. The molecule has 0 aliphatic heterocycles. The summed E-state index contributed by atoms with van der Waals surface area (Å²) in [6, 6.07) is 0. The highest BCUT2D eigenvalue weighted by atomic mass is 32.2. The number of nitrogens with one attached hydrogen (secondary N) is 1. The van der Waals surface area contributed by atoms with Gasteiger partial charge in [-0.15, -0.1) is 0 Å². The van der Waals surface area contributed by atoms with Gasteiger partial charge in [0, 0.05) is 6.54 Å². The SMILES string of the molecule is CSCC(C)CNCC(O)COC1CCCC1. The largest absolute Gasteiger partial charge is 0.389 e. The van der Waals surface area contributed by atoms with Gasteiger partial charge in [0.15, 0.2) is 0 Å². The lowest BCUT2D eigenvalue weighted by molar-refractivity contribution is -0.00552. The van der Waals surface area contributed by atoms with Crippen molar-refractivity contribution in [2.45, 2.75) is 44.8 Å². The van der Waals surface area contributed by atoms with E-state index in [0.29, 0.717) is 25.2 Å². The van der Waals surface area contributed by atoms with Crippen molar-refractivity contribution in [3.63, 3.8) is 0 Å². The van der Waals surface area contributed by atoms with Crippen LogP contribution in [0.3, 0.4) is 0 Å². The monoisotopic (exact) mass is 261 g/mol. The van der Waals surface area contributed by atoms with Crippen LogP contribution in [0.25, 0.3) is 0 Å². The zero-order chi connectivity index (χ0) is 12.5. The quantitative estimate of drug-likeness (QED) is 0.665. The van der Waals surface area contributed by atoms with E-state index in [9.17, 15) is 5.11 Å².